The van der Waals surface area contributed by atoms with Crippen LogP contribution in [0.5, 0.6) is 23.0 Å². The number of rotatable bonds is 10. The highest BCUT2D eigenvalue weighted by atomic mass is 16.5. The van der Waals surface area contributed by atoms with Crippen molar-refractivity contribution in [3.63, 3.8) is 0 Å². The van der Waals surface area contributed by atoms with Crippen LogP contribution < -0.4 is 18.9 Å². The summed E-state index contributed by atoms with van der Waals surface area (Å²) in [5.41, 5.74) is 2.20. The van der Waals surface area contributed by atoms with Crippen LogP contribution in [0.2, 0.25) is 0 Å². The standard InChI is InChI=1S/C25H32N4O4/c1-30-22-5-7-24(32-3)20(13-22)15-26-9-11-28(17-26)19-29-12-10-27(18-29)16-21-14-23(31-2)6-8-25(21)33-4/h5-14H,15-19H2,1-4H3. The van der Waals surface area contributed by atoms with Gasteiger partial charge in [-0.05, 0) is 36.4 Å². The fourth-order valence-corrected chi connectivity index (χ4v) is 4.10. The van der Waals surface area contributed by atoms with Crippen molar-refractivity contribution in [3.8, 4) is 23.0 Å². The Morgan fingerprint density at radius 2 is 1.00 bits per heavy atom. The zero-order chi connectivity index (χ0) is 23.2. The van der Waals surface area contributed by atoms with Gasteiger partial charge in [-0.1, -0.05) is 0 Å². The maximum absolute atomic E-state index is 5.52. The van der Waals surface area contributed by atoms with Gasteiger partial charge in [0.2, 0.25) is 0 Å². The Hall–Kier alpha value is -3.68. The number of benzene rings is 2. The van der Waals surface area contributed by atoms with E-state index in [0.717, 1.165) is 67.2 Å². The largest absolute Gasteiger partial charge is 0.497 e. The van der Waals surface area contributed by atoms with Crippen molar-refractivity contribution in [2.75, 3.05) is 48.4 Å². The molecule has 2 aromatic carbocycles. The van der Waals surface area contributed by atoms with Crippen molar-refractivity contribution >= 4 is 0 Å². The maximum atomic E-state index is 5.52. The molecule has 0 saturated heterocycles. The summed E-state index contributed by atoms with van der Waals surface area (Å²) in [7, 11) is 6.76. The third-order valence-electron chi connectivity index (χ3n) is 5.79. The molecule has 0 aromatic heterocycles. The summed E-state index contributed by atoms with van der Waals surface area (Å²) >= 11 is 0. The third kappa shape index (κ3) is 5.39. The first-order chi connectivity index (χ1) is 16.1. The SMILES string of the molecule is COc1ccc(OC)c(CN2C=CN(CN3C=CN(Cc4cc(OC)ccc4OC)C3)C2)c1. The van der Waals surface area contributed by atoms with Gasteiger partial charge in [0.1, 0.15) is 23.0 Å². The monoisotopic (exact) mass is 452 g/mol. The van der Waals surface area contributed by atoms with E-state index in [4.69, 9.17) is 18.9 Å². The number of hydrogen-bond donors (Lipinski definition) is 0. The zero-order valence-electron chi connectivity index (χ0n) is 19.7. The van der Waals surface area contributed by atoms with E-state index in [-0.39, 0.29) is 0 Å². The fraction of sp³-hybridized carbons (Fsp3) is 0.360. The Labute approximate surface area is 195 Å². The minimum absolute atomic E-state index is 0.755. The molecule has 0 atom stereocenters. The summed E-state index contributed by atoms with van der Waals surface area (Å²) in [5.74, 6) is 3.41. The Morgan fingerprint density at radius 1 is 0.576 bits per heavy atom. The normalized spacial score (nSPS) is 14.9. The maximum Gasteiger partial charge on any atom is 0.124 e. The Kier molecular flexibility index (Phi) is 7.02. The van der Waals surface area contributed by atoms with Crippen molar-refractivity contribution in [2.24, 2.45) is 0 Å². The summed E-state index contributed by atoms with van der Waals surface area (Å²) in [4.78, 5) is 9.09. The highest BCUT2D eigenvalue weighted by Crippen LogP contribution is 2.28. The van der Waals surface area contributed by atoms with Crippen molar-refractivity contribution in [2.45, 2.75) is 13.1 Å². The fourth-order valence-electron chi connectivity index (χ4n) is 4.10. The molecule has 0 N–H and O–H groups in total. The van der Waals surface area contributed by atoms with Crippen LogP contribution in [0.25, 0.3) is 0 Å². The Balaban J connectivity index is 1.29. The Morgan fingerprint density at radius 3 is 1.39 bits per heavy atom. The van der Waals surface area contributed by atoms with E-state index < -0.39 is 0 Å². The molecule has 2 aromatic rings. The second-order valence-corrected chi connectivity index (χ2v) is 8.05. The number of ether oxygens (including phenoxy) is 4. The lowest BCUT2D eigenvalue weighted by Gasteiger charge is -2.28. The molecule has 0 fully saturated rings. The molecule has 8 nitrogen and oxygen atoms in total. The number of hydrogen-bond acceptors (Lipinski definition) is 8. The minimum atomic E-state index is 0.755. The summed E-state index contributed by atoms with van der Waals surface area (Å²) in [5, 5.41) is 0. The van der Waals surface area contributed by atoms with Crippen molar-refractivity contribution < 1.29 is 18.9 Å². The lowest BCUT2D eigenvalue weighted by Crippen LogP contribution is -2.35. The van der Waals surface area contributed by atoms with E-state index in [0.29, 0.717) is 0 Å². The molecule has 0 spiro atoms. The van der Waals surface area contributed by atoms with Crippen LogP contribution in [-0.4, -0.2) is 68.0 Å². The van der Waals surface area contributed by atoms with Gasteiger partial charge in [0, 0.05) is 49.0 Å². The van der Waals surface area contributed by atoms with Crippen LogP contribution in [0.3, 0.4) is 0 Å². The Bertz CT molecular complexity index is 930. The van der Waals surface area contributed by atoms with Crippen molar-refractivity contribution in [1.29, 1.82) is 0 Å². The summed E-state index contributed by atoms with van der Waals surface area (Å²) in [6.45, 7) is 3.95. The average Bonchev–Trinajstić information content (AvgIpc) is 3.48. The molecule has 0 radical (unpaired) electrons. The van der Waals surface area contributed by atoms with Crippen LogP contribution in [0, 0.1) is 0 Å². The number of methoxy groups -OCH3 is 4. The molecule has 2 aliphatic heterocycles. The minimum Gasteiger partial charge on any atom is -0.497 e. The molecule has 0 aliphatic carbocycles. The number of nitrogens with zero attached hydrogens (tertiary/aromatic N) is 4. The van der Waals surface area contributed by atoms with Crippen LogP contribution in [0.15, 0.2) is 61.2 Å². The lowest BCUT2D eigenvalue weighted by molar-refractivity contribution is 0.158. The second kappa shape index (κ2) is 10.3. The summed E-state index contributed by atoms with van der Waals surface area (Å²) in [6, 6.07) is 11.8. The van der Waals surface area contributed by atoms with Gasteiger partial charge in [0.05, 0.1) is 48.4 Å². The molecule has 0 bridgehead atoms. The van der Waals surface area contributed by atoms with E-state index in [2.05, 4.69) is 44.4 Å². The topological polar surface area (TPSA) is 49.9 Å². The molecule has 8 heteroatoms. The molecule has 4 rings (SSSR count). The van der Waals surface area contributed by atoms with Gasteiger partial charge in [0.15, 0.2) is 0 Å². The van der Waals surface area contributed by atoms with E-state index >= 15 is 0 Å². The molecule has 2 aliphatic rings. The molecule has 176 valence electrons. The molecule has 0 saturated carbocycles. The first-order valence-corrected chi connectivity index (χ1v) is 10.9. The van der Waals surface area contributed by atoms with E-state index in [1.807, 2.05) is 36.4 Å². The smallest absolute Gasteiger partial charge is 0.124 e. The van der Waals surface area contributed by atoms with E-state index in [9.17, 15) is 0 Å². The van der Waals surface area contributed by atoms with Crippen LogP contribution in [-0.2, 0) is 13.1 Å². The van der Waals surface area contributed by atoms with Gasteiger partial charge in [-0.3, -0.25) is 0 Å². The average molecular weight is 453 g/mol. The van der Waals surface area contributed by atoms with Gasteiger partial charge in [-0.15, -0.1) is 0 Å². The van der Waals surface area contributed by atoms with Gasteiger partial charge in [-0.25, -0.2) is 0 Å². The van der Waals surface area contributed by atoms with Crippen LogP contribution >= 0.6 is 0 Å². The summed E-state index contributed by atoms with van der Waals surface area (Å²) in [6.07, 6.45) is 8.51. The zero-order valence-corrected chi connectivity index (χ0v) is 19.7. The predicted molar refractivity (Wildman–Crippen MR) is 127 cm³/mol. The highest BCUT2D eigenvalue weighted by molar-refractivity contribution is 5.41. The first kappa shape index (κ1) is 22.5. The van der Waals surface area contributed by atoms with Gasteiger partial charge < -0.3 is 38.5 Å². The quantitative estimate of drug-likeness (QED) is 0.543. The van der Waals surface area contributed by atoms with E-state index in [1.165, 1.54) is 0 Å². The van der Waals surface area contributed by atoms with Crippen LogP contribution in [0.4, 0.5) is 0 Å². The highest BCUT2D eigenvalue weighted by Gasteiger charge is 2.20. The second-order valence-electron chi connectivity index (χ2n) is 8.05. The first-order valence-electron chi connectivity index (χ1n) is 10.9. The molecule has 0 unspecified atom stereocenters. The third-order valence-corrected chi connectivity index (χ3v) is 5.79. The van der Waals surface area contributed by atoms with Gasteiger partial charge in [-0.2, -0.15) is 0 Å². The van der Waals surface area contributed by atoms with Gasteiger partial charge >= 0.3 is 0 Å². The lowest BCUT2D eigenvalue weighted by atomic mass is 10.2. The van der Waals surface area contributed by atoms with E-state index in [1.54, 1.807) is 28.4 Å². The van der Waals surface area contributed by atoms with Gasteiger partial charge in [0.25, 0.3) is 0 Å². The van der Waals surface area contributed by atoms with Crippen molar-refractivity contribution in [3.05, 3.63) is 72.3 Å². The van der Waals surface area contributed by atoms with Crippen molar-refractivity contribution in [1.82, 2.24) is 19.6 Å². The molecule has 2 heterocycles. The van der Waals surface area contributed by atoms with Crippen LogP contribution in [0.1, 0.15) is 11.1 Å². The molecule has 0 amide bonds. The molecular formula is C25H32N4O4. The molecular weight excluding hydrogens is 420 g/mol. The summed E-state index contributed by atoms with van der Waals surface area (Å²) < 4.78 is 21.8. The predicted octanol–water partition coefficient (Wildman–Crippen LogP) is 3.47. The molecule has 33 heavy (non-hydrogen) atoms.